The van der Waals surface area contributed by atoms with E-state index >= 15 is 0 Å². The molecule has 34 heavy (non-hydrogen) atoms. The molecule has 6 rings (SSSR count). The Kier molecular flexibility index (Phi) is 4.45. The Morgan fingerprint density at radius 3 is 1.06 bits per heavy atom. The van der Waals surface area contributed by atoms with Crippen molar-refractivity contribution in [1.82, 2.24) is 0 Å². The molecular formula is C28H32B2O4. The van der Waals surface area contributed by atoms with E-state index in [1.165, 1.54) is 32.3 Å². The van der Waals surface area contributed by atoms with Gasteiger partial charge in [0.1, 0.15) is 0 Å². The SMILES string of the molecule is CC1(C)OB(c2ccc3ccc4c(B5OC(C)(C)C(C)(C)O5)ccc5ccc2c3c54)OC1(C)C. The lowest BCUT2D eigenvalue weighted by molar-refractivity contribution is 0.00578. The van der Waals surface area contributed by atoms with Crippen LogP contribution in [-0.2, 0) is 18.6 Å². The molecule has 0 atom stereocenters. The summed E-state index contributed by atoms with van der Waals surface area (Å²) in [6, 6.07) is 17.5. The van der Waals surface area contributed by atoms with Crippen LogP contribution in [0.15, 0.2) is 48.5 Å². The third-order valence-corrected chi connectivity index (χ3v) is 8.75. The van der Waals surface area contributed by atoms with E-state index in [1.807, 2.05) is 0 Å². The topological polar surface area (TPSA) is 36.9 Å². The fourth-order valence-electron chi connectivity index (χ4n) is 5.20. The Morgan fingerprint density at radius 1 is 0.441 bits per heavy atom. The smallest absolute Gasteiger partial charge is 0.399 e. The van der Waals surface area contributed by atoms with Crippen LogP contribution in [0.3, 0.4) is 0 Å². The largest absolute Gasteiger partial charge is 0.495 e. The van der Waals surface area contributed by atoms with Gasteiger partial charge in [0.2, 0.25) is 0 Å². The molecule has 4 aromatic carbocycles. The van der Waals surface area contributed by atoms with Crippen molar-refractivity contribution in [3.8, 4) is 0 Å². The molecule has 174 valence electrons. The lowest BCUT2D eigenvalue weighted by atomic mass is 9.72. The maximum absolute atomic E-state index is 6.43. The minimum absolute atomic E-state index is 0.383. The molecular weight excluding hydrogens is 422 g/mol. The zero-order valence-corrected chi connectivity index (χ0v) is 21.4. The highest BCUT2D eigenvalue weighted by Gasteiger charge is 2.53. The minimum atomic E-state index is -0.405. The van der Waals surface area contributed by atoms with Crippen molar-refractivity contribution in [2.45, 2.75) is 77.8 Å². The molecule has 0 radical (unpaired) electrons. The highest BCUT2D eigenvalue weighted by Crippen LogP contribution is 2.40. The van der Waals surface area contributed by atoms with Crippen LogP contribution in [0.4, 0.5) is 0 Å². The molecule has 2 fully saturated rings. The second kappa shape index (κ2) is 6.76. The number of hydrogen-bond donors (Lipinski definition) is 0. The second-order valence-corrected chi connectivity index (χ2v) is 11.9. The standard InChI is InChI=1S/C28H32B2O4/c1-25(2)26(3,4)32-29(31-25)21-15-11-17-10-14-20-22(30-33-27(5,6)28(7,8)34-30)16-12-18-9-13-19(21)23(17)24(18)20/h9-16H,1-8H3. The van der Waals surface area contributed by atoms with Gasteiger partial charge in [-0.2, -0.15) is 0 Å². The summed E-state index contributed by atoms with van der Waals surface area (Å²) in [6.07, 6.45) is 0. The maximum Gasteiger partial charge on any atom is 0.495 e. The molecule has 2 aliphatic rings. The van der Waals surface area contributed by atoms with E-state index in [0.29, 0.717) is 0 Å². The van der Waals surface area contributed by atoms with Crippen molar-refractivity contribution in [3.63, 3.8) is 0 Å². The van der Waals surface area contributed by atoms with Gasteiger partial charge in [-0.1, -0.05) is 48.5 Å². The van der Waals surface area contributed by atoms with Gasteiger partial charge in [-0.05, 0) is 98.6 Å². The molecule has 0 N–H and O–H groups in total. The molecule has 2 aliphatic heterocycles. The Balaban J connectivity index is 1.56. The van der Waals surface area contributed by atoms with Gasteiger partial charge in [0.15, 0.2) is 0 Å². The van der Waals surface area contributed by atoms with Crippen LogP contribution in [0, 0.1) is 0 Å². The molecule has 6 heteroatoms. The molecule has 2 heterocycles. The van der Waals surface area contributed by atoms with E-state index in [4.69, 9.17) is 18.6 Å². The van der Waals surface area contributed by atoms with E-state index in [2.05, 4.69) is 104 Å². The van der Waals surface area contributed by atoms with Gasteiger partial charge in [-0.15, -0.1) is 0 Å². The monoisotopic (exact) mass is 454 g/mol. The lowest BCUT2D eigenvalue weighted by Crippen LogP contribution is -2.41. The van der Waals surface area contributed by atoms with Crippen LogP contribution in [-0.4, -0.2) is 36.6 Å². The normalized spacial score (nSPS) is 23.1. The van der Waals surface area contributed by atoms with Crippen molar-refractivity contribution in [2.24, 2.45) is 0 Å². The van der Waals surface area contributed by atoms with E-state index in [0.717, 1.165) is 10.9 Å². The molecule has 0 aromatic heterocycles. The third kappa shape index (κ3) is 2.95. The fourth-order valence-corrected chi connectivity index (χ4v) is 5.20. The first kappa shape index (κ1) is 22.4. The summed E-state index contributed by atoms with van der Waals surface area (Å²) in [6.45, 7) is 16.8. The van der Waals surface area contributed by atoms with Crippen molar-refractivity contribution < 1.29 is 18.6 Å². The van der Waals surface area contributed by atoms with E-state index < -0.39 is 14.2 Å². The Labute approximate surface area is 202 Å². The predicted octanol–water partition coefficient (Wildman–Crippen LogP) is 5.18. The maximum atomic E-state index is 6.43. The Bertz CT molecular complexity index is 1300. The molecule has 0 aliphatic carbocycles. The zero-order valence-electron chi connectivity index (χ0n) is 21.4. The quantitative estimate of drug-likeness (QED) is 0.309. The van der Waals surface area contributed by atoms with E-state index in [-0.39, 0.29) is 22.4 Å². The highest BCUT2D eigenvalue weighted by atomic mass is 16.7. The third-order valence-electron chi connectivity index (χ3n) is 8.75. The van der Waals surface area contributed by atoms with Gasteiger partial charge in [0, 0.05) is 0 Å². The van der Waals surface area contributed by atoms with Crippen LogP contribution in [0.25, 0.3) is 32.3 Å². The predicted molar refractivity (Wildman–Crippen MR) is 142 cm³/mol. The van der Waals surface area contributed by atoms with Crippen molar-refractivity contribution in [1.29, 1.82) is 0 Å². The van der Waals surface area contributed by atoms with Crippen LogP contribution in [0.5, 0.6) is 0 Å². The summed E-state index contributed by atoms with van der Waals surface area (Å²) in [5.41, 5.74) is 0.608. The Morgan fingerprint density at radius 2 is 0.735 bits per heavy atom. The van der Waals surface area contributed by atoms with Crippen LogP contribution in [0.1, 0.15) is 55.4 Å². The van der Waals surface area contributed by atoms with Crippen molar-refractivity contribution >= 4 is 57.5 Å². The van der Waals surface area contributed by atoms with Gasteiger partial charge in [-0.3, -0.25) is 0 Å². The molecule has 4 aromatic rings. The summed E-state index contributed by atoms with van der Waals surface area (Å²) in [5, 5.41) is 7.22. The summed E-state index contributed by atoms with van der Waals surface area (Å²) in [7, 11) is -0.811. The number of hydrogen-bond acceptors (Lipinski definition) is 4. The van der Waals surface area contributed by atoms with Crippen LogP contribution < -0.4 is 10.9 Å². The van der Waals surface area contributed by atoms with Crippen LogP contribution in [0.2, 0.25) is 0 Å². The first-order chi connectivity index (χ1) is 15.8. The molecule has 0 saturated carbocycles. The van der Waals surface area contributed by atoms with Gasteiger partial charge >= 0.3 is 14.2 Å². The Hall–Kier alpha value is -2.11. The molecule has 4 nitrogen and oxygen atoms in total. The fraction of sp³-hybridized carbons (Fsp3) is 0.429. The summed E-state index contributed by atoms with van der Waals surface area (Å²) >= 11 is 0. The van der Waals surface area contributed by atoms with Crippen LogP contribution >= 0.6 is 0 Å². The first-order valence-corrected chi connectivity index (χ1v) is 12.2. The van der Waals surface area contributed by atoms with Crippen molar-refractivity contribution in [2.75, 3.05) is 0 Å². The first-order valence-electron chi connectivity index (χ1n) is 12.2. The lowest BCUT2D eigenvalue weighted by Gasteiger charge is -2.32. The summed E-state index contributed by atoms with van der Waals surface area (Å²) in [4.78, 5) is 0. The summed E-state index contributed by atoms with van der Waals surface area (Å²) in [5.74, 6) is 0. The molecule has 0 bridgehead atoms. The van der Waals surface area contributed by atoms with Gasteiger partial charge in [-0.25, -0.2) is 0 Å². The van der Waals surface area contributed by atoms with Gasteiger partial charge in [0.25, 0.3) is 0 Å². The average molecular weight is 454 g/mol. The zero-order chi connectivity index (χ0) is 24.3. The molecule has 0 unspecified atom stereocenters. The summed E-state index contributed by atoms with van der Waals surface area (Å²) < 4.78 is 25.7. The molecule has 0 spiro atoms. The number of rotatable bonds is 2. The highest BCUT2D eigenvalue weighted by molar-refractivity contribution is 6.67. The second-order valence-electron chi connectivity index (χ2n) is 11.9. The molecule has 0 amide bonds. The number of benzene rings is 4. The van der Waals surface area contributed by atoms with E-state index in [9.17, 15) is 0 Å². The molecule has 2 saturated heterocycles. The minimum Gasteiger partial charge on any atom is -0.399 e. The van der Waals surface area contributed by atoms with E-state index in [1.54, 1.807) is 0 Å². The van der Waals surface area contributed by atoms with Crippen molar-refractivity contribution in [3.05, 3.63) is 48.5 Å². The van der Waals surface area contributed by atoms with Gasteiger partial charge < -0.3 is 18.6 Å². The average Bonchev–Trinajstić information content (AvgIpc) is 3.10. The van der Waals surface area contributed by atoms with Gasteiger partial charge in [0.05, 0.1) is 22.4 Å².